The lowest BCUT2D eigenvalue weighted by Gasteiger charge is -2.04. The molecular weight excluding hydrogens is 337 g/mol. The summed E-state index contributed by atoms with van der Waals surface area (Å²) in [6.07, 6.45) is 2.44. The van der Waals surface area contributed by atoms with Crippen LogP contribution in [0.1, 0.15) is 16.1 Å². The van der Waals surface area contributed by atoms with Gasteiger partial charge in [-0.3, -0.25) is 4.79 Å². The Morgan fingerprint density at radius 3 is 2.54 bits per heavy atom. The third-order valence-corrected chi connectivity index (χ3v) is 3.52. The van der Waals surface area contributed by atoms with Gasteiger partial charge in [-0.25, -0.2) is 9.18 Å². The van der Waals surface area contributed by atoms with Crippen LogP contribution in [0.5, 0.6) is 0 Å². The van der Waals surface area contributed by atoms with E-state index in [1.807, 2.05) is 0 Å². The fourth-order valence-electron chi connectivity index (χ4n) is 2.31. The number of hydrogen-bond acceptors (Lipinski definition) is 3. The zero-order valence-corrected chi connectivity index (χ0v) is 13.5. The van der Waals surface area contributed by atoms with Gasteiger partial charge in [-0.05, 0) is 60.2 Å². The second kappa shape index (κ2) is 7.48. The highest BCUT2D eigenvalue weighted by atomic mass is 19.1. The first-order valence-corrected chi connectivity index (χ1v) is 7.69. The van der Waals surface area contributed by atoms with Gasteiger partial charge < -0.3 is 14.8 Å². The van der Waals surface area contributed by atoms with E-state index in [1.54, 1.807) is 42.5 Å². The highest BCUT2D eigenvalue weighted by Gasteiger charge is 2.12. The number of furan rings is 1. The summed E-state index contributed by atoms with van der Waals surface area (Å²) in [5.74, 6) is -1.29. The molecule has 0 radical (unpaired) electrons. The first kappa shape index (κ1) is 17.2. The molecule has 0 saturated carbocycles. The minimum absolute atomic E-state index is 0.107. The molecule has 5 nitrogen and oxygen atoms in total. The monoisotopic (exact) mass is 351 g/mol. The van der Waals surface area contributed by atoms with Gasteiger partial charge in [-0.2, -0.15) is 0 Å². The van der Waals surface area contributed by atoms with E-state index < -0.39 is 11.9 Å². The molecule has 0 spiro atoms. The van der Waals surface area contributed by atoms with Gasteiger partial charge >= 0.3 is 5.97 Å². The van der Waals surface area contributed by atoms with Crippen LogP contribution in [0.4, 0.5) is 10.1 Å². The van der Waals surface area contributed by atoms with Crippen molar-refractivity contribution in [2.75, 3.05) is 5.32 Å². The molecule has 1 aromatic heterocycles. The number of carboxylic acids is 1. The highest BCUT2D eigenvalue weighted by Crippen LogP contribution is 2.23. The van der Waals surface area contributed by atoms with Crippen molar-refractivity contribution in [3.8, 4) is 11.3 Å². The lowest BCUT2D eigenvalue weighted by molar-refractivity contribution is -0.131. The maximum absolute atomic E-state index is 13.0. The summed E-state index contributed by atoms with van der Waals surface area (Å²) in [5.41, 5.74) is 1.80. The number of carbonyl (C=O) groups excluding carboxylic acids is 1. The number of nitrogens with one attached hydrogen (secondary N) is 1. The SMILES string of the molecule is O=C(O)C=Cc1cccc(NC(=O)c2ccc(-c3ccc(F)cc3)o2)c1. The minimum Gasteiger partial charge on any atom is -0.478 e. The van der Waals surface area contributed by atoms with Gasteiger partial charge in [0.25, 0.3) is 5.91 Å². The Hall–Kier alpha value is -3.67. The lowest BCUT2D eigenvalue weighted by atomic mass is 10.2. The molecule has 3 rings (SSSR count). The number of rotatable bonds is 5. The first-order valence-electron chi connectivity index (χ1n) is 7.69. The summed E-state index contributed by atoms with van der Waals surface area (Å²) >= 11 is 0. The van der Waals surface area contributed by atoms with Crippen LogP contribution >= 0.6 is 0 Å². The normalized spacial score (nSPS) is 10.8. The van der Waals surface area contributed by atoms with E-state index in [0.29, 0.717) is 22.6 Å². The number of halogens is 1. The Morgan fingerprint density at radius 1 is 1.04 bits per heavy atom. The second-order valence-corrected chi connectivity index (χ2v) is 5.42. The number of hydrogen-bond donors (Lipinski definition) is 2. The first-order chi connectivity index (χ1) is 12.5. The number of benzene rings is 2. The number of aliphatic carboxylic acids is 1. The molecule has 2 N–H and O–H groups in total. The molecule has 0 fully saturated rings. The Balaban J connectivity index is 1.73. The summed E-state index contributed by atoms with van der Waals surface area (Å²) in [5, 5.41) is 11.3. The Morgan fingerprint density at radius 2 is 1.81 bits per heavy atom. The van der Waals surface area contributed by atoms with Crippen molar-refractivity contribution in [2.45, 2.75) is 0 Å². The molecule has 0 aliphatic heterocycles. The van der Waals surface area contributed by atoms with Crippen LogP contribution in [0, 0.1) is 5.82 Å². The van der Waals surface area contributed by atoms with E-state index in [-0.39, 0.29) is 11.6 Å². The van der Waals surface area contributed by atoms with E-state index in [2.05, 4.69) is 5.32 Å². The molecule has 3 aromatic rings. The summed E-state index contributed by atoms with van der Waals surface area (Å²) in [4.78, 5) is 22.9. The van der Waals surface area contributed by atoms with Crippen LogP contribution in [-0.2, 0) is 4.79 Å². The van der Waals surface area contributed by atoms with E-state index in [1.165, 1.54) is 24.3 Å². The third-order valence-electron chi connectivity index (χ3n) is 3.52. The molecule has 1 amide bonds. The van der Waals surface area contributed by atoms with Crippen molar-refractivity contribution in [1.29, 1.82) is 0 Å². The van der Waals surface area contributed by atoms with E-state index >= 15 is 0 Å². The topological polar surface area (TPSA) is 79.5 Å². The molecule has 0 aliphatic carbocycles. The Bertz CT molecular complexity index is 973. The number of anilines is 1. The summed E-state index contributed by atoms with van der Waals surface area (Å²) < 4.78 is 18.5. The predicted octanol–water partition coefficient (Wildman–Crippen LogP) is 4.44. The fourth-order valence-corrected chi connectivity index (χ4v) is 2.31. The molecule has 0 aliphatic rings. The van der Waals surface area contributed by atoms with Crippen molar-refractivity contribution in [3.05, 3.63) is 83.9 Å². The average molecular weight is 351 g/mol. The molecule has 1 heterocycles. The van der Waals surface area contributed by atoms with Gasteiger partial charge in [0.15, 0.2) is 5.76 Å². The number of amides is 1. The zero-order chi connectivity index (χ0) is 18.5. The van der Waals surface area contributed by atoms with E-state index in [9.17, 15) is 14.0 Å². The number of carbonyl (C=O) groups is 2. The maximum atomic E-state index is 13.0. The summed E-state index contributed by atoms with van der Waals surface area (Å²) in [6.45, 7) is 0. The molecule has 6 heteroatoms. The van der Waals surface area contributed by atoms with Crippen LogP contribution in [0.2, 0.25) is 0 Å². The molecular formula is C20H14FNO4. The fraction of sp³-hybridized carbons (Fsp3) is 0. The summed E-state index contributed by atoms with van der Waals surface area (Å²) in [7, 11) is 0. The molecule has 130 valence electrons. The van der Waals surface area contributed by atoms with Crippen molar-refractivity contribution < 1.29 is 23.5 Å². The minimum atomic E-state index is -1.05. The molecule has 2 aromatic carbocycles. The smallest absolute Gasteiger partial charge is 0.328 e. The van der Waals surface area contributed by atoms with Crippen molar-refractivity contribution in [1.82, 2.24) is 0 Å². The van der Waals surface area contributed by atoms with Gasteiger partial charge in [-0.1, -0.05) is 12.1 Å². The van der Waals surface area contributed by atoms with Crippen LogP contribution in [0.3, 0.4) is 0 Å². The largest absolute Gasteiger partial charge is 0.478 e. The highest BCUT2D eigenvalue weighted by molar-refractivity contribution is 6.02. The molecule has 0 atom stereocenters. The third kappa shape index (κ3) is 4.24. The van der Waals surface area contributed by atoms with Crippen LogP contribution < -0.4 is 5.32 Å². The van der Waals surface area contributed by atoms with Gasteiger partial charge in [0, 0.05) is 17.3 Å². The maximum Gasteiger partial charge on any atom is 0.328 e. The Kier molecular flexibility index (Phi) is 4.94. The van der Waals surface area contributed by atoms with Gasteiger partial charge in [0.1, 0.15) is 11.6 Å². The lowest BCUT2D eigenvalue weighted by Crippen LogP contribution is -2.10. The van der Waals surface area contributed by atoms with Gasteiger partial charge in [-0.15, -0.1) is 0 Å². The molecule has 0 saturated heterocycles. The van der Waals surface area contributed by atoms with Gasteiger partial charge in [0.05, 0.1) is 0 Å². The predicted molar refractivity (Wildman–Crippen MR) is 95.2 cm³/mol. The standard InChI is InChI=1S/C20H14FNO4/c21-15-7-5-14(6-8-15)17-9-10-18(26-17)20(25)22-16-3-1-2-13(12-16)4-11-19(23)24/h1-12H,(H,22,25)(H,23,24). The van der Waals surface area contributed by atoms with Crippen molar-refractivity contribution >= 4 is 23.6 Å². The van der Waals surface area contributed by atoms with Crippen molar-refractivity contribution in [2.24, 2.45) is 0 Å². The quantitative estimate of drug-likeness (QED) is 0.666. The van der Waals surface area contributed by atoms with Gasteiger partial charge in [0.2, 0.25) is 0 Å². The summed E-state index contributed by atoms with van der Waals surface area (Å²) in [6, 6.07) is 15.7. The van der Waals surface area contributed by atoms with E-state index in [4.69, 9.17) is 9.52 Å². The van der Waals surface area contributed by atoms with Crippen molar-refractivity contribution in [3.63, 3.8) is 0 Å². The van der Waals surface area contributed by atoms with Crippen LogP contribution in [0.25, 0.3) is 17.4 Å². The molecule has 0 bridgehead atoms. The average Bonchev–Trinajstić information content (AvgIpc) is 3.11. The van der Waals surface area contributed by atoms with E-state index in [0.717, 1.165) is 6.08 Å². The Labute approximate surface area is 148 Å². The molecule has 26 heavy (non-hydrogen) atoms. The second-order valence-electron chi connectivity index (χ2n) is 5.42. The molecule has 0 unspecified atom stereocenters. The zero-order valence-electron chi connectivity index (χ0n) is 13.5. The number of carboxylic acid groups (broad SMARTS) is 1. The van der Waals surface area contributed by atoms with Crippen LogP contribution in [-0.4, -0.2) is 17.0 Å². The van der Waals surface area contributed by atoms with Crippen LogP contribution in [0.15, 0.2) is 71.2 Å².